The van der Waals surface area contributed by atoms with Gasteiger partial charge in [-0.25, -0.2) is 0 Å². The first-order valence-electron chi connectivity index (χ1n) is 9.63. The molecule has 1 fully saturated rings. The molecule has 3 rings (SSSR count). The van der Waals surface area contributed by atoms with E-state index in [1.807, 2.05) is 12.1 Å². The van der Waals surface area contributed by atoms with Crippen molar-refractivity contribution in [3.8, 4) is 11.5 Å². The summed E-state index contributed by atoms with van der Waals surface area (Å²) in [5.41, 5.74) is 2.07. The number of ether oxygens (including phenoxy) is 2. The van der Waals surface area contributed by atoms with Crippen molar-refractivity contribution < 1.29 is 9.47 Å². The van der Waals surface area contributed by atoms with Crippen molar-refractivity contribution in [1.29, 1.82) is 0 Å². The number of hydrogen-bond donors (Lipinski definition) is 2. The Morgan fingerprint density at radius 2 is 1.90 bits per heavy atom. The molecule has 0 saturated carbocycles. The molecule has 8 heteroatoms. The molecule has 2 aromatic rings. The molecule has 0 amide bonds. The average Bonchev–Trinajstić information content (AvgIpc) is 2.73. The van der Waals surface area contributed by atoms with Crippen molar-refractivity contribution in [2.45, 2.75) is 13.2 Å². The van der Waals surface area contributed by atoms with Crippen LogP contribution in [0.5, 0.6) is 11.5 Å². The monoisotopic (exact) mass is 501 g/mol. The first kappa shape index (κ1) is 22.7. The van der Waals surface area contributed by atoms with E-state index in [1.54, 1.807) is 19.2 Å². The highest BCUT2D eigenvalue weighted by Gasteiger charge is 2.13. The number of nitrogens with one attached hydrogen (secondary N) is 2. The lowest BCUT2D eigenvalue weighted by atomic mass is 10.2. The van der Waals surface area contributed by atoms with E-state index in [4.69, 9.17) is 32.7 Å². The molecule has 0 aromatic heterocycles. The molecular weight excluding hydrogens is 477 g/mol. The molecule has 2 N–H and O–H groups in total. The van der Waals surface area contributed by atoms with E-state index < -0.39 is 0 Å². The van der Waals surface area contributed by atoms with Gasteiger partial charge in [0.25, 0.3) is 0 Å². The molecule has 0 aliphatic carbocycles. The van der Waals surface area contributed by atoms with E-state index in [0.717, 1.165) is 61.4 Å². The van der Waals surface area contributed by atoms with Crippen LogP contribution < -0.4 is 20.1 Å². The topological polar surface area (TPSA) is 45.8 Å². The van der Waals surface area contributed by atoms with Crippen LogP contribution in [0.2, 0.25) is 10.0 Å². The lowest BCUT2D eigenvalue weighted by Gasteiger charge is -2.27. The predicted molar refractivity (Wildman–Crippen MR) is 123 cm³/mol. The van der Waals surface area contributed by atoms with E-state index in [1.165, 1.54) is 0 Å². The van der Waals surface area contributed by atoms with Crippen LogP contribution in [0.3, 0.4) is 0 Å². The molecule has 1 heterocycles. The molecule has 0 unspecified atom stereocenters. The molecule has 1 aliphatic rings. The van der Waals surface area contributed by atoms with E-state index in [9.17, 15) is 0 Å². The summed E-state index contributed by atoms with van der Waals surface area (Å²) in [4.78, 5) is 2.47. The molecule has 5 nitrogen and oxygen atoms in total. The maximum absolute atomic E-state index is 6.08. The molecule has 0 bridgehead atoms. The number of rotatable bonds is 9. The van der Waals surface area contributed by atoms with Crippen LogP contribution in [-0.2, 0) is 13.2 Å². The van der Waals surface area contributed by atoms with Crippen LogP contribution in [0.4, 0.5) is 0 Å². The highest BCUT2D eigenvalue weighted by atomic mass is 79.9. The Labute approximate surface area is 190 Å². The summed E-state index contributed by atoms with van der Waals surface area (Å²) in [7, 11) is 1.65. The normalized spacial score (nSPS) is 14.8. The van der Waals surface area contributed by atoms with E-state index in [2.05, 4.69) is 37.5 Å². The van der Waals surface area contributed by atoms with Gasteiger partial charge in [-0.15, -0.1) is 0 Å². The summed E-state index contributed by atoms with van der Waals surface area (Å²) in [6.45, 7) is 7.54. The average molecular weight is 503 g/mol. The maximum atomic E-state index is 6.08. The minimum Gasteiger partial charge on any atom is -0.493 e. The van der Waals surface area contributed by atoms with Crippen LogP contribution in [0.15, 0.2) is 34.8 Å². The zero-order chi connectivity index (χ0) is 20.6. The van der Waals surface area contributed by atoms with Gasteiger partial charge in [0.2, 0.25) is 0 Å². The fourth-order valence-electron chi connectivity index (χ4n) is 3.20. The SMILES string of the molecule is COc1cc(CNCCN2CCNCC2)cc(Br)c1OCc1ccc(Cl)c(Cl)c1. The summed E-state index contributed by atoms with van der Waals surface area (Å²) >= 11 is 15.7. The van der Waals surface area contributed by atoms with Crippen molar-refractivity contribution in [1.82, 2.24) is 15.5 Å². The number of hydrogen-bond acceptors (Lipinski definition) is 5. The highest BCUT2D eigenvalue weighted by Crippen LogP contribution is 2.37. The van der Waals surface area contributed by atoms with Crippen molar-refractivity contribution in [3.63, 3.8) is 0 Å². The van der Waals surface area contributed by atoms with Gasteiger partial charge in [-0.1, -0.05) is 29.3 Å². The zero-order valence-electron chi connectivity index (χ0n) is 16.4. The van der Waals surface area contributed by atoms with Crippen LogP contribution >= 0.6 is 39.1 Å². The Morgan fingerprint density at radius 1 is 1.10 bits per heavy atom. The van der Waals surface area contributed by atoms with Crippen LogP contribution in [0.1, 0.15) is 11.1 Å². The van der Waals surface area contributed by atoms with Crippen molar-refractivity contribution in [2.75, 3.05) is 46.4 Å². The van der Waals surface area contributed by atoms with Gasteiger partial charge in [-0.05, 0) is 51.3 Å². The fraction of sp³-hybridized carbons (Fsp3) is 0.429. The lowest BCUT2D eigenvalue weighted by molar-refractivity contribution is 0.241. The van der Waals surface area contributed by atoms with Gasteiger partial charge in [-0.3, -0.25) is 4.90 Å². The summed E-state index contributed by atoms with van der Waals surface area (Å²) in [6, 6.07) is 9.54. The fourth-order valence-corrected chi connectivity index (χ4v) is 4.13. The molecule has 0 spiro atoms. The van der Waals surface area contributed by atoms with E-state index in [-0.39, 0.29) is 0 Å². The summed E-state index contributed by atoms with van der Waals surface area (Å²) in [5.74, 6) is 1.36. The summed E-state index contributed by atoms with van der Waals surface area (Å²) < 4.78 is 12.4. The van der Waals surface area contributed by atoms with Gasteiger partial charge in [0.05, 0.1) is 21.6 Å². The summed E-state index contributed by atoms with van der Waals surface area (Å²) in [5, 5.41) is 7.93. The predicted octanol–water partition coefficient (Wildman–Crippen LogP) is 4.34. The molecule has 1 saturated heterocycles. The molecule has 0 atom stereocenters. The van der Waals surface area contributed by atoms with E-state index in [0.29, 0.717) is 28.2 Å². The molecule has 0 radical (unpaired) electrons. The minimum atomic E-state index is 0.369. The number of benzene rings is 2. The van der Waals surface area contributed by atoms with Gasteiger partial charge in [0.1, 0.15) is 6.61 Å². The molecule has 158 valence electrons. The maximum Gasteiger partial charge on any atom is 0.175 e. The highest BCUT2D eigenvalue weighted by molar-refractivity contribution is 9.10. The van der Waals surface area contributed by atoms with Gasteiger partial charge < -0.3 is 20.1 Å². The van der Waals surface area contributed by atoms with Crippen LogP contribution in [-0.4, -0.2) is 51.3 Å². The molecule has 1 aliphatic heterocycles. The lowest BCUT2D eigenvalue weighted by Crippen LogP contribution is -2.45. The van der Waals surface area contributed by atoms with Gasteiger partial charge in [-0.2, -0.15) is 0 Å². The van der Waals surface area contributed by atoms with Gasteiger partial charge >= 0.3 is 0 Å². The van der Waals surface area contributed by atoms with E-state index >= 15 is 0 Å². The zero-order valence-corrected chi connectivity index (χ0v) is 19.5. The minimum absolute atomic E-state index is 0.369. The molecular formula is C21H26BrCl2N3O2. The number of nitrogens with zero attached hydrogens (tertiary/aromatic N) is 1. The van der Waals surface area contributed by atoms with Crippen LogP contribution in [0.25, 0.3) is 0 Å². The first-order chi connectivity index (χ1) is 14.1. The Morgan fingerprint density at radius 3 is 2.62 bits per heavy atom. The van der Waals surface area contributed by atoms with Crippen molar-refractivity contribution in [3.05, 3.63) is 56.0 Å². The quantitative estimate of drug-likeness (QED) is 0.499. The number of methoxy groups -OCH3 is 1. The Hall–Kier alpha value is -1.02. The third kappa shape index (κ3) is 6.74. The largest absolute Gasteiger partial charge is 0.493 e. The number of halogens is 3. The first-order valence-corrected chi connectivity index (χ1v) is 11.2. The standard InChI is InChI=1S/C21H26BrCl2N3O2/c1-28-20-12-16(13-26-6-9-27-7-4-25-5-8-27)10-17(22)21(20)29-14-15-2-3-18(23)19(24)11-15/h2-3,10-12,25-26H,4-9,13-14H2,1H3. The van der Waals surface area contributed by atoms with Crippen LogP contribution in [0, 0.1) is 0 Å². The Balaban J connectivity index is 1.55. The van der Waals surface area contributed by atoms with Crippen molar-refractivity contribution in [2.24, 2.45) is 0 Å². The Bertz CT molecular complexity index is 817. The smallest absolute Gasteiger partial charge is 0.175 e. The third-order valence-corrected chi connectivity index (χ3v) is 6.13. The third-order valence-electron chi connectivity index (χ3n) is 4.80. The summed E-state index contributed by atoms with van der Waals surface area (Å²) in [6.07, 6.45) is 0. The number of piperazine rings is 1. The van der Waals surface area contributed by atoms with Gasteiger partial charge in [0.15, 0.2) is 11.5 Å². The second kappa shape index (κ2) is 11.4. The van der Waals surface area contributed by atoms with Crippen molar-refractivity contribution >= 4 is 39.1 Å². The second-order valence-corrected chi connectivity index (χ2v) is 8.58. The van der Waals surface area contributed by atoms with Gasteiger partial charge in [0, 0.05) is 45.8 Å². The molecule has 29 heavy (non-hydrogen) atoms. The molecule has 2 aromatic carbocycles. The second-order valence-electron chi connectivity index (χ2n) is 6.91. The Kier molecular flexibility index (Phi) is 8.90.